The summed E-state index contributed by atoms with van der Waals surface area (Å²) in [7, 11) is -7.01. The van der Waals surface area contributed by atoms with Crippen LogP contribution < -0.4 is 5.32 Å². The molecule has 1 N–H and O–H groups in total. The summed E-state index contributed by atoms with van der Waals surface area (Å²) in [6.07, 6.45) is 3.97. The van der Waals surface area contributed by atoms with Crippen molar-refractivity contribution < 1.29 is 16.8 Å². The summed E-state index contributed by atoms with van der Waals surface area (Å²) in [4.78, 5) is -0.0661. The third-order valence-corrected chi connectivity index (χ3v) is 5.06. The molecule has 0 aliphatic heterocycles. The second kappa shape index (κ2) is 6.91. The van der Waals surface area contributed by atoms with E-state index in [2.05, 4.69) is 5.32 Å². The van der Waals surface area contributed by atoms with Gasteiger partial charge in [0.2, 0.25) is 0 Å². The molecule has 0 saturated heterocycles. The fraction of sp³-hybridized carbons (Fsp3) is 0.462. The summed E-state index contributed by atoms with van der Waals surface area (Å²) in [5.74, 6) is 0. The Labute approximate surface area is 125 Å². The number of hydrogen-bond acceptors (Lipinski definition) is 6. The normalized spacial score (nSPS) is 11.9. The third-order valence-electron chi connectivity index (χ3n) is 2.81. The Balaban J connectivity index is 3.02. The number of hydrogen-bond donors (Lipinski definition) is 1. The van der Waals surface area contributed by atoms with E-state index in [9.17, 15) is 16.8 Å². The maximum absolute atomic E-state index is 11.8. The van der Waals surface area contributed by atoms with Crippen molar-refractivity contribution in [1.82, 2.24) is 0 Å². The van der Waals surface area contributed by atoms with Crippen molar-refractivity contribution >= 4 is 25.4 Å². The molecule has 0 heterocycles. The zero-order chi connectivity index (χ0) is 16.1. The number of benzene rings is 1. The predicted octanol–water partition coefficient (Wildman–Crippen LogP) is 1.60. The predicted molar refractivity (Wildman–Crippen MR) is 80.6 cm³/mol. The smallest absolute Gasteiger partial charge is 0.177 e. The summed E-state index contributed by atoms with van der Waals surface area (Å²) in [5, 5.41) is 11.4. The van der Waals surface area contributed by atoms with E-state index in [1.807, 2.05) is 6.07 Å². The highest BCUT2D eigenvalue weighted by Gasteiger charge is 2.17. The molecule has 0 radical (unpaired) electrons. The average Bonchev–Trinajstić information content (AvgIpc) is 2.36. The van der Waals surface area contributed by atoms with Gasteiger partial charge in [-0.3, -0.25) is 0 Å². The second-order valence-corrected chi connectivity index (χ2v) is 8.74. The van der Waals surface area contributed by atoms with E-state index < -0.39 is 19.7 Å². The van der Waals surface area contributed by atoms with Gasteiger partial charge < -0.3 is 5.32 Å². The first-order chi connectivity index (χ1) is 9.66. The van der Waals surface area contributed by atoms with Gasteiger partial charge in [-0.15, -0.1) is 0 Å². The topological polar surface area (TPSA) is 104 Å². The van der Waals surface area contributed by atoms with Gasteiger partial charge in [-0.1, -0.05) is 0 Å². The molecule has 116 valence electrons. The van der Waals surface area contributed by atoms with Crippen molar-refractivity contribution in [2.24, 2.45) is 0 Å². The molecule has 0 atom stereocenters. The molecule has 0 bridgehead atoms. The highest BCUT2D eigenvalue weighted by atomic mass is 32.2. The number of nitrogens with zero attached hydrogens (tertiary/aromatic N) is 1. The Kier molecular flexibility index (Phi) is 5.75. The molecule has 0 unspecified atom stereocenters. The van der Waals surface area contributed by atoms with E-state index in [1.165, 1.54) is 18.2 Å². The van der Waals surface area contributed by atoms with Crippen LogP contribution in [0, 0.1) is 11.3 Å². The van der Waals surface area contributed by atoms with Gasteiger partial charge in [0.05, 0.1) is 21.5 Å². The van der Waals surface area contributed by atoms with E-state index in [1.54, 1.807) is 0 Å². The monoisotopic (exact) mass is 330 g/mol. The molecule has 0 aliphatic rings. The standard InChI is InChI=1S/C13H18N2O4S2/c1-20(16,17)11-6-7-12(13(10-11)21(2,18)19)15-9-5-3-4-8-14/h6-7,10,15H,3-5,9H2,1-2H3. The Hall–Kier alpha value is -1.59. The second-order valence-electron chi connectivity index (χ2n) is 4.74. The maximum atomic E-state index is 11.8. The lowest BCUT2D eigenvalue weighted by atomic mass is 10.2. The lowest BCUT2D eigenvalue weighted by Gasteiger charge is -2.12. The van der Waals surface area contributed by atoms with Crippen LogP contribution in [0.5, 0.6) is 0 Å². The molecule has 0 aromatic heterocycles. The first kappa shape index (κ1) is 17.5. The fourth-order valence-electron chi connectivity index (χ4n) is 1.74. The van der Waals surface area contributed by atoms with Crippen molar-refractivity contribution in [2.45, 2.75) is 29.1 Å². The summed E-state index contributed by atoms with van der Waals surface area (Å²) >= 11 is 0. The Morgan fingerprint density at radius 1 is 1.10 bits per heavy atom. The molecule has 21 heavy (non-hydrogen) atoms. The van der Waals surface area contributed by atoms with Crippen LogP contribution in [-0.2, 0) is 19.7 Å². The molecule has 0 saturated carbocycles. The lowest BCUT2D eigenvalue weighted by Crippen LogP contribution is -2.09. The number of sulfone groups is 2. The van der Waals surface area contributed by atoms with Gasteiger partial charge in [-0.05, 0) is 31.0 Å². The van der Waals surface area contributed by atoms with Gasteiger partial charge in [-0.25, -0.2) is 16.8 Å². The largest absolute Gasteiger partial charge is 0.384 e. The molecular weight excluding hydrogens is 312 g/mol. The molecule has 1 aromatic rings. The molecule has 0 aliphatic carbocycles. The SMILES string of the molecule is CS(=O)(=O)c1ccc(NCCCCC#N)c(S(C)(=O)=O)c1. The molecule has 6 nitrogen and oxygen atoms in total. The summed E-state index contributed by atoms with van der Waals surface area (Å²) in [5.41, 5.74) is 0.377. The highest BCUT2D eigenvalue weighted by Crippen LogP contribution is 2.25. The number of rotatable bonds is 7. The molecule has 8 heteroatoms. The first-order valence-electron chi connectivity index (χ1n) is 6.31. The Morgan fingerprint density at radius 2 is 1.76 bits per heavy atom. The van der Waals surface area contributed by atoms with E-state index in [4.69, 9.17) is 5.26 Å². The fourth-order valence-corrected chi connectivity index (χ4v) is 3.34. The quantitative estimate of drug-likeness (QED) is 0.761. The van der Waals surface area contributed by atoms with E-state index in [-0.39, 0.29) is 9.79 Å². The van der Waals surface area contributed by atoms with Gasteiger partial charge >= 0.3 is 0 Å². The summed E-state index contributed by atoms with van der Waals surface area (Å²) < 4.78 is 46.6. The number of nitriles is 1. The van der Waals surface area contributed by atoms with Crippen molar-refractivity contribution in [3.63, 3.8) is 0 Å². The maximum Gasteiger partial charge on any atom is 0.177 e. The van der Waals surface area contributed by atoms with Crippen LogP contribution in [0.3, 0.4) is 0 Å². The minimum absolute atomic E-state index is 0.0297. The van der Waals surface area contributed by atoms with Crippen molar-refractivity contribution in [1.29, 1.82) is 5.26 Å². The van der Waals surface area contributed by atoms with Gasteiger partial charge in [0, 0.05) is 25.5 Å². The van der Waals surface area contributed by atoms with E-state index in [0.29, 0.717) is 18.7 Å². The Morgan fingerprint density at radius 3 is 2.29 bits per heavy atom. The van der Waals surface area contributed by atoms with E-state index in [0.717, 1.165) is 25.4 Å². The molecular formula is C13H18N2O4S2. The van der Waals surface area contributed by atoms with Crippen LogP contribution >= 0.6 is 0 Å². The lowest BCUT2D eigenvalue weighted by molar-refractivity contribution is 0.600. The number of anilines is 1. The molecule has 1 rings (SSSR count). The van der Waals surface area contributed by atoms with Gasteiger partial charge in [0.1, 0.15) is 0 Å². The summed E-state index contributed by atoms with van der Waals surface area (Å²) in [6, 6.07) is 6.04. The van der Waals surface area contributed by atoms with Gasteiger partial charge in [0.15, 0.2) is 19.7 Å². The zero-order valence-electron chi connectivity index (χ0n) is 12.0. The number of unbranched alkanes of at least 4 members (excludes halogenated alkanes) is 2. The van der Waals surface area contributed by atoms with Gasteiger partial charge in [-0.2, -0.15) is 5.26 Å². The van der Waals surface area contributed by atoms with Crippen molar-refractivity contribution in [3.05, 3.63) is 18.2 Å². The van der Waals surface area contributed by atoms with Crippen LogP contribution in [0.2, 0.25) is 0 Å². The molecule has 1 aromatic carbocycles. The van der Waals surface area contributed by atoms with Crippen molar-refractivity contribution in [2.75, 3.05) is 24.4 Å². The summed E-state index contributed by atoms with van der Waals surface area (Å²) in [6.45, 7) is 0.516. The van der Waals surface area contributed by atoms with Crippen LogP contribution in [-0.4, -0.2) is 35.9 Å². The van der Waals surface area contributed by atoms with Gasteiger partial charge in [0.25, 0.3) is 0 Å². The minimum atomic E-state index is -3.54. The number of nitrogens with one attached hydrogen (secondary N) is 1. The van der Waals surface area contributed by atoms with Crippen LogP contribution in [0.4, 0.5) is 5.69 Å². The zero-order valence-corrected chi connectivity index (χ0v) is 13.6. The average molecular weight is 330 g/mol. The van der Waals surface area contributed by atoms with Crippen molar-refractivity contribution in [3.8, 4) is 6.07 Å². The molecule has 0 fully saturated rings. The minimum Gasteiger partial charge on any atom is -0.384 e. The van der Waals surface area contributed by atoms with Crippen LogP contribution in [0.15, 0.2) is 28.0 Å². The molecule has 0 spiro atoms. The third kappa shape index (κ3) is 5.36. The Bertz CT molecular complexity index is 747. The van der Waals surface area contributed by atoms with Crippen LogP contribution in [0.1, 0.15) is 19.3 Å². The molecule has 0 amide bonds. The highest BCUT2D eigenvalue weighted by molar-refractivity contribution is 7.91. The first-order valence-corrected chi connectivity index (χ1v) is 10.1. The van der Waals surface area contributed by atoms with E-state index >= 15 is 0 Å². The van der Waals surface area contributed by atoms with Crippen LogP contribution in [0.25, 0.3) is 0 Å².